The fourth-order valence-electron chi connectivity index (χ4n) is 2.40. The van der Waals surface area contributed by atoms with Gasteiger partial charge in [-0.2, -0.15) is 0 Å². The number of aliphatic hydroxyl groups excluding tert-OH is 3. The number of hydrogen-bond donors (Lipinski definition) is 3. The van der Waals surface area contributed by atoms with Crippen LogP contribution in [0, 0.1) is 5.92 Å². The first-order valence-electron chi connectivity index (χ1n) is 5.84. The maximum atomic E-state index is 9.83. The van der Waals surface area contributed by atoms with Crippen molar-refractivity contribution in [3.8, 4) is 0 Å². The molecule has 6 heteroatoms. The molecule has 2 saturated heterocycles. The summed E-state index contributed by atoms with van der Waals surface area (Å²) >= 11 is 0. The predicted octanol–water partition coefficient (Wildman–Crippen LogP) is -0.787. The zero-order chi connectivity index (χ0) is 12.8. The highest BCUT2D eigenvalue weighted by atomic mass is 16.8. The molecule has 17 heavy (non-hydrogen) atoms. The average molecular weight is 248 g/mol. The van der Waals surface area contributed by atoms with Crippen molar-refractivity contribution >= 4 is 0 Å². The van der Waals surface area contributed by atoms with Crippen molar-refractivity contribution in [3.63, 3.8) is 0 Å². The smallest absolute Gasteiger partial charge is 0.187 e. The Morgan fingerprint density at radius 2 is 1.88 bits per heavy atom. The van der Waals surface area contributed by atoms with Gasteiger partial charge in [-0.3, -0.25) is 0 Å². The van der Waals surface area contributed by atoms with Gasteiger partial charge in [0.05, 0.1) is 12.7 Å². The van der Waals surface area contributed by atoms with Crippen molar-refractivity contribution in [3.05, 3.63) is 0 Å². The number of ether oxygens (including phenoxy) is 3. The molecule has 0 unspecified atom stereocenters. The summed E-state index contributed by atoms with van der Waals surface area (Å²) in [6.07, 6.45) is -3.73. The largest absolute Gasteiger partial charge is 0.394 e. The molecule has 6 nitrogen and oxygen atoms in total. The van der Waals surface area contributed by atoms with Gasteiger partial charge in [0.2, 0.25) is 0 Å². The average Bonchev–Trinajstić information content (AvgIpc) is 2.71. The molecule has 0 amide bonds. The number of aliphatic hydroxyl groups is 3. The Morgan fingerprint density at radius 1 is 1.24 bits per heavy atom. The van der Waals surface area contributed by atoms with Gasteiger partial charge >= 0.3 is 0 Å². The second kappa shape index (κ2) is 4.46. The highest BCUT2D eigenvalue weighted by Gasteiger charge is 2.55. The molecule has 6 atom stereocenters. The molecule has 0 aliphatic carbocycles. The lowest BCUT2D eigenvalue weighted by Gasteiger charge is -2.28. The summed E-state index contributed by atoms with van der Waals surface area (Å²) in [6, 6.07) is 0. The van der Waals surface area contributed by atoms with Crippen LogP contribution in [0.15, 0.2) is 0 Å². The highest BCUT2D eigenvalue weighted by molar-refractivity contribution is 4.95. The first-order valence-corrected chi connectivity index (χ1v) is 5.84. The van der Waals surface area contributed by atoms with Crippen LogP contribution < -0.4 is 0 Å². The monoisotopic (exact) mass is 248 g/mol. The van der Waals surface area contributed by atoms with Crippen molar-refractivity contribution in [1.29, 1.82) is 0 Å². The molecule has 0 aromatic heterocycles. The van der Waals surface area contributed by atoms with Crippen LogP contribution >= 0.6 is 0 Å². The summed E-state index contributed by atoms with van der Waals surface area (Å²) in [6.45, 7) is 4.97. The summed E-state index contributed by atoms with van der Waals surface area (Å²) in [5.41, 5.74) is 0. The lowest BCUT2D eigenvalue weighted by Crippen LogP contribution is -2.43. The fourth-order valence-corrected chi connectivity index (χ4v) is 2.40. The van der Waals surface area contributed by atoms with E-state index >= 15 is 0 Å². The number of hydrogen-bond acceptors (Lipinski definition) is 6. The highest BCUT2D eigenvalue weighted by Crippen LogP contribution is 2.41. The van der Waals surface area contributed by atoms with Crippen LogP contribution in [0.4, 0.5) is 0 Å². The topological polar surface area (TPSA) is 88.4 Å². The molecule has 2 fully saturated rings. The van der Waals surface area contributed by atoms with Crippen LogP contribution in [0.2, 0.25) is 0 Å². The minimum Gasteiger partial charge on any atom is -0.394 e. The third-order valence-corrected chi connectivity index (χ3v) is 3.33. The van der Waals surface area contributed by atoms with Gasteiger partial charge < -0.3 is 29.5 Å². The van der Waals surface area contributed by atoms with Gasteiger partial charge in [0.15, 0.2) is 12.1 Å². The molecule has 0 radical (unpaired) electrons. The quantitative estimate of drug-likeness (QED) is 0.607. The Balaban J connectivity index is 2.03. The summed E-state index contributed by atoms with van der Waals surface area (Å²) in [5, 5.41) is 28.0. The van der Waals surface area contributed by atoms with E-state index < -0.39 is 37.0 Å². The molecular formula is C11H20O6. The van der Waals surface area contributed by atoms with E-state index in [9.17, 15) is 10.2 Å². The van der Waals surface area contributed by atoms with Gasteiger partial charge in [-0.05, 0) is 13.8 Å². The van der Waals surface area contributed by atoms with Gasteiger partial charge in [-0.15, -0.1) is 0 Å². The second-order valence-corrected chi connectivity index (χ2v) is 5.17. The fraction of sp³-hybridized carbons (Fsp3) is 1.00. The van der Waals surface area contributed by atoms with E-state index in [-0.39, 0.29) is 12.0 Å². The van der Waals surface area contributed by atoms with Crippen LogP contribution in [0.3, 0.4) is 0 Å². The molecular weight excluding hydrogens is 228 g/mol. The van der Waals surface area contributed by atoms with Gasteiger partial charge in [0.25, 0.3) is 0 Å². The third-order valence-electron chi connectivity index (χ3n) is 3.33. The molecule has 0 saturated carbocycles. The van der Waals surface area contributed by atoms with E-state index in [0.717, 1.165) is 0 Å². The van der Waals surface area contributed by atoms with E-state index in [1.165, 1.54) is 0 Å². The van der Waals surface area contributed by atoms with Crippen molar-refractivity contribution in [2.75, 3.05) is 6.61 Å². The van der Waals surface area contributed by atoms with E-state index in [1.807, 2.05) is 6.92 Å². The molecule has 2 rings (SSSR count). The standard InChI is InChI=1S/C11H20O6/c1-5-8(7(14)6(13)4-12)15-10-9(5)16-11(2,3)17-10/h5-10,12-14H,4H2,1-3H3/t5-,6+,7+,8-,9+,10+/m0/s1. The van der Waals surface area contributed by atoms with Gasteiger partial charge in [0.1, 0.15) is 18.3 Å². The minimum absolute atomic E-state index is 0.113. The van der Waals surface area contributed by atoms with Crippen molar-refractivity contribution in [2.45, 2.75) is 57.3 Å². The normalized spacial score (nSPS) is 43.4. The van der Waals surface area contributed by atoms with E-state index in [4.69, 9.17) is 19.3 Å². The molecule has 0 spiro atoms. The minimum atomic E-state index is -1.21. The zero-order valence-corrected chi connectivity index (χ0v) is 10.2. The first kappa shape index (κ1) is 13.2. The maximum Gasteiger partial charge on any atom is 0.187 e. The van der Waals surface area contributed by atoms with E-state index in [0.29, 0.717) is 0 Å². The van der Waals surface area contributed by atoms with Gasteiger partial charge in [0, 0.05) is 5.92 Å². The number of fused-ring (bicyclic) bond motifs is 1. The van der Waals surface area contributed by atoms with Gasteiger partial charge in [-0.25, -0.2) is 0 Å². The lowest BCUT2D eigenvalue weighted by atomic mass is 9.94. The zero-order valence-electron chi connectivity index (χ0n) is 10.2. The Morgan fingerprint density at radius 3 is 2.41 bits per heavy atom. The van der Waals surface area contributed by atoms with E-state index in [2.05, 4.69) is 0 Å². The molecule has 2 heterocycles. The SMILES string of the molecule is C[C@@H]1[C@H]2OC(C)(C)O[C@H]2O[C@@H]1[C@H](O)[C@H](O)CO. The summed E-state index contributed by atoms with van der Waals surface area (Å²) in [5.74, 6) is -0.798. The molecule has 3 N–H and O–H groups in total. The van der Waals surface area contributed by atoms with Crippen LogP contribution in [-0.4, -0.2) is 58.4 Å². The van der Waals surface area contributed by atoms with Crippen molar-refractivity contribution in [1.82, 2.24) is 0 Å². The Hall–Kier alpha value is -0.240. The Bertz CT molecular complexity index is 281. The predicted molar refractivity (Wildman–Crippen MR) is 57.0 cm³/mol. The first-order chi connectivity index (χ1) is 7.85. The molecule has 0 aromatic rings. The summed E-state index contributed by atoms with van der Waals surface area (Å²) in [4.78, 5) is 0. The van der Waals surface area contributed by atoms with E-state index in [1.54, 1.807) is 13.8 Å². The second-order valence-electron chi connectivity index (χ2n) is 5.17. The molecule has 2 aliphatic rings. The summed E-state index contributed by atoms with van der Waals surface area (Å²) < 4.78 is 16.8. The molecule has 0 aromatic carbocycles. The Labute approximate surface area is 100 Å². The maximum absolute atomic E-state index is 9.83. The third kappa shape index (κ3) is 2.33. The van der Waals surface area contributed by atoms with Crippen LogP contribution in [0.25, 0.3) is 0 Å². The molecule has 2 aliphatic heterocycles. The number of rotatable bonds is 3. The van der Waals surface area contributed by atoms with Gasteiger partial charge in [-0.1, -0.05) is 6.92 Å². The lowest BCUT2D eigenvalue weighted by molar-refractivity contribution is -0.226. The van der Waals surface area contributed by atoms with Crippen molar-refractivity contribution < 1.29 is 29.5 Å². The van der Waals surface area contributed by atoms with Crippen LogP contribution in [-0.2, 0) is 14.2 Å². The van der Waals surface area contributed by atoms with Crippen LogP contribution in [0.1, 0.15) is 20.8 Å². The Kier molecular flexibility index (Phi) is 3.46. The van der Waals surface area contributed by atoms with Crippen LogP contribution in [0.5, 0.6) is 0 Å². The summed E-state index contributed by atoms with van der Waals surface area (Å²) in [7, 11) is 0. The van der Waals surface area contributed by atoms with Crippen molar-refractivity contribution in [2.24, 2.45) is 5.92 Å². The molecule has 0 bridgehead atoms. The molecule has 100 valence electrons.